The molecule has 1 heterocycles. The highest BCUT2D eigenvalue weighted by atomic mass is 35.5. The SMILES string of the molecule is Clc1ccc(NCCc2ccsc2)cc1. The Labute approximate surface area is 98.7 Å². The second kappa shape index (κ2) is 5.19. The van der Waals surface area contributed by atoms with Gasteiger partial charge < -0.3 is 5.32 Å². The summed E-state index contributed by atoms with van der Waals surface area (Å²) in [4.78, 5) is 0. The van der Waals surface area contributed by atoms with Crippen LogP contribution in [0.2, 0.25) is 5.02 Å². The third-order valence-electron chi connectivity index (χ3n) is 2.17. The first-order chi connectivity index (χ1) is 7.34. The molecular weight excluding hydrogens is 226 g/mol. The van der Waals surface area contributed by atoms with Crippen molar-refractivity contribution in [3.8, 4) is 0 Å². The standard InChI is InChI=1S/C12H12ClNS/c13-11-1-3-12(4-2-11)14-7-5-10-6-8-15-9-10/h1-4,6,8-9,14H,5,7H2. The van der Waals surface area contributed by atoms with E-state index in [9.17, 15) is 0 Å². The fourth-order valence-electron chi connectivity index (χ4n) is 1.35. The van der Waals surface area contributed by atoms with Gasteiger partial charge in [-0.3, -0.25) is 0 Å². The molecule has 78 valence electrons. The van der Waals surface area contributed by atoms with Crippen LogP contribution in [0.1, 0.15) is 5.56 Å². The van der Waals surface area contributed by atoms with Crippen molar-refractivity contribution in [2.45, 2.75) is 6.42 Å². The van der Waals surface area contributed by atoms with E-state index in [1.807, 2.05) is 24.3 Å². The minimum absolute atomic E-state index is 0.776. The van der Waals surface area contributed by atoms with E-state index in [2.05, 4.69) is 22.1 Å². The van der Waals surface area contributed by atoms with Crippen molar-refractivity contribution in [2.24, 2.45) is 0 Å². The third-order valence-corrected chi connectivity index (χ3v) is 3.15. The van der Waals surface area contributed by atoms with Gasteiger partial charge in [0.1, 0.15) is 0 Å². The lowest BCUT2D eigenvalue weighted by molar-refractivity contribution is 1.03. The lowest BCUT2D eigenvalue weighted by Gasteiger charge is -2.05. The Morgan fingerprint density at radius 1 is 1.13 bits per heavy atom. The highest BCUT2D eigenvalue weighted by Crippen LogP contribution is 2.13. The Kier molecular flexibility index (Phi) is 3.64. The summed E-state index contributed by atoms with van der Waals surface area (Å²) in [5, 5.41) is 8.43. The Morgan fingerprint density at radius 3 is 2.60 bits per heavy atom. The zero-order chi connectivity index (χ0) is 10.5. The number of halogens is 1. The molecule has 0 saturated heterocycles. The highest BCUT2D eigenvalue weighted by Gasteiger charge is 1.94. The van der Waals surface area contributed by atoms with E-state index in [-0.39, 0.29) is 0 Å². The van der Waals surface area contributed by atoms with Crippen LogP contribution in [-0.2, 0) is 6.42 Å². The molecule has 0 fully saturated rings. The summed E-state index contributed by atoms with van der Waals surface area (Å²) in [7, 11) is 0. The molecule has 0 saturated carbocycles. The largest absolute Gasteiger partial charge is 0.385 e. The van der Waals surface area contributed by atoms with Crippen molar-refractivity contribution in [3.05, 3.63) is 51.7 Å². The van der Waals surface area contributed by atoms with Gasteiger partial charge in [-0.15, -0.1) is 0 Å². The number of hydrogen-bond acceptors (Lipinski definition) is 2. The van der Waals surface area contributed by atoms with Crippen molar-refractivity contribution in [3.63, 3.8) is 0 Å². The first-order valence-electron chi connectivity index (χ1n) is 4.85. The molecule has 0 atom stereocenters. The maximum Gasteiger partial charge on any atom is 0.0407 e. The van der Waals surface area contributed by atoms with E-state index in [1.54, 1.807) is 11.3 Å². The zero-order valence-electron chi connectivity index (χ0n) is 8.24. The molecule has 0 spiro atoms. The molecule has 3 heteroatoms. The van der Waals surface area contributed by atoms with Gasteiger partial charge in [0.2, 0.25) is 0 Å². The molecule has 0 amide bonds. The predicted molar refractivity (Wildman–Crippen MR) is 68.0 cm³/mol. The van der Waals surface area contributed by atoms with Gasteiger partial charge in [0.05, 0.1) is 0 Å². The van der Waals surface area contributed by atoms with Crippen LogP contribution in [0.15, 0.2) is 41.1 Å². The molecule has 0 radical (unpaired) electrons. The summed E-state index contributed by atoms with van der Waals surface area (Å²) in [5.41, 5.74) is 2.51. The molecule has 2 rings (SSSR count). The third kappa shape index (κ3) is 3.26. The summed E-state index contributed by atoms with van der Waals surface area (Å²) < 4.78 is 0. The van der Waals surface area contributed by atoms with Crippen molar-refractivity contribution in [1.82, 2.24) is 0 Å². The summed E-state index contributed by atoms with van der Waals surface area (Å²) >= 11 is 7.54. The Morgan fingerprint density at radius 2 is 1.93 bits per heavy atom. The molecule has 0 bridgehead atoms. The Hall–Kier alpha value is -0.990. The first-order valence-corrected chi connectivity index (χ1v) is 6.17. The van der Waals surface area contributed by atoms with E-state index in [0.29, 0.717) is 0 Å². The molecule has 2 aromatic rings. The number of hydrogen-bond donors (Lipinski definition) is 1. The van der Waals surface area contributed by atoms with Crippen LogP contribution in [0.25, 0.3) is 0 Å². The minimum Gasteiger partial charge on any atom is -0.385 e. The summed E-state index contributed by atoms with van der Waals surface area (Å²) in [5.74, 6) is 0. The van der Waals surface area contributed by atoms with E-state index >= 15 is 0 Å². The molecule has 1 N–H and O–H groups in total. The number of nitrogens with one attached hydrogen (secondary N) is 1. The van der Waals surface area contributed by atoms with E-state index < -0.39 is 0 Å². The fraction of sp³-hybridized carbons (Fsp3) is 0.167. The van der Waals surface area contributed by atoms with Gasteiger partial charge in [-0.1, -0.05) is 11.6 Å². The van der Waals surface area contributed by atoms with Crippen LogP contribution >= 0.6 is 22.9 Å². The van der Waals surface area contributed by atoms with Gasteiger partial charge in [-0.2, -0.15) is 11.3 Å². The fourth-order valence-corrected chi connectivity index (χ4v) is 2.18. The summed E-state index contributed by atoms with van der Waals surface area (Å²) in [6.45, 7) is 0.957. The van der Waals surface area contributed by atoms with Crippen molar-refractivity contribution >= 4 is 28.6 Å². The molecular formula is C12H12ClNS. The van der Waals surface area contributed by atoms with Gasteiger partial charge in [0.25, 0.3) is 0 Å². The van der Waals surface area contributed by atoms with Crippen molar-refractivity contribution < 1.29 is 0 Å². The average molecular weight is 238 g/mol. The van der Waals surface area contributed by atoms with Gasteiger partial charge in [-0.25, -0.2) is 0 Å². The summed E-state index contributed by atoms with van der Waals surface area (Å²) in [6, 6.07) is 9.95. The van der Waals surface area contributed by atoms with Gasteiger partial charge in [0.15, 0.2) is 0 Å². The van der Waals surface area contributed by atoms with E-state index in [4.69, 9.17) is 11.6 Å². The second-order valence-corrected chi connectivity index (χ2v) is 4.53. The quantitative estimate of drug-likeness (QED) is 0.846. The molecule has 0 aliphatic carbocycles. The second-order valence-electron chi connectivity index (χ2n) is 3.32. The Bertz CT molecular complexity index is 394. The predicted octanol–water partition coefficient (Wildman–Crippen LogP) is 4.06. The lowest BCUT2D eigenvalue weighted by atomic mass is 10.2. The molecule has 1 nitrogen and oxygen atoms in total. The number of thiophene rings is 1. The number of anilines is 1. The Balaban J connectivity index is 1.81. The zero-order valence-corrected chi connectivity index (χ0v) is 9.81. The van der Waals surface area contributed by atoms with E-state index in [0.717, 1.165) is 23.7 Å². The van der Waals surface area contributed by atoms with Crippen LogP contribution in [-0.4, -0.2) is 6.54 Å². The lowest BCUT2D eigenvalue weighted by Crippen LogP contribution is -2.03. The van der Waals surface area contributed by atoms with Crippen molar-refractivity contribution in [2.75, 3.05) is 11.9 Å². The maximum atomic E-state index is 5.80. The molecule has 1 aromatic carbocycles. The normalized spacial score (nSPS) is 10.2. The molecule has 0 aliphatic rings. The monoisotopic (exact) mass is 237 g/mol. The number of benzene rings is 1. The van der Waals surface area contributed by atoms with Crippen molar-refractivity contribution in [1.29, 1.82) is 0 Å². The van der Waals surface area contributed by atoms with Crippen LogP contribution < -0.4 is 5.32 Å². The number of rotatable bonds is 4. The van der Waals surface area contributed by atoms with Crippen LogP contribution in [0.5, 0.6) is 0 Å². The first kappa shape index (κ1) is 10.5. The van der Waals surface area contributed by atoms with Crippen LogP contribution in [0.3, 0.4) is 0 Å². The molecule has 0 aliphatic heterocycles. The maximum absolute atomic E-state index is 5.80. The summed E-state index contributed by atoms with van der Waals surface area (Å²) in [6.07, 6.45) is 1.06. The van der Waals surface area contributed by atoms with E-state index in [1.165, 1.54) is 5.56 Å². The smallest absolute Gasteiger partial charge is 0.0407 e. The minimum atomic E-state index is 0.776. The van der Waals surface area contributed by atoms with Gasteiger partial charge >= 0.3 is 0 Å². The van der Waals surface area contributed by atoms with Gasteiger partial charge in [0, 0.05) is 17.3 Å². The van der Waals surface area contributed by atoms with Gasteiger partial charge in [-0.05, 0) is 53.1 Å². The van der Waals surface area contributed by atoms with Crippen LogP contribution in [0, 0.1) is 0 Å². The molecule has 1 aromatic heterocycles. The average Bonchev–Trinajstić information content (AvgIpc) is 2.74. The van der Waals surface area contributed by atoms with Crippen LogP contribution in [0.4, 0.5) is 5.69 Å². The topological polar surface area (TPSA) is 12.0 Å². The molecule has 0 unspecified atom stereocenters. The highest BCUT2D eigenvalue weighted by molar-refractivity contribution is 7.07. The molecule has 15 heavy (non-hydrogen) atoms.